The van der Waals surface area contributed by atoms with Crippen molar-refractivity contribution in [3.8, 4) is 0 Å². The molecule has 0 radical (unpaired) electrons. The fourth-order valence-corrected chi connectivity index (χ4v) is 2.31. The summed E-state index contributed by atoms with van der Waals surface area (Å²) in [5.41, 5.74) is 2.55. The Morgan fingerprint density at radius 2 is 2.29 bits per heavy atom. The van der Waals surface area contributed by atoms with Gasteiger partial charge in [0.15, 0.2) is 11.3 Å². The lowest BCUT2D eigenvalue weighted by atomic mass is 10.2. The predicted molar refractivity (Wildman–Crippen MR) is 69.4 cm³/mol. The molecule has 0 amide bonds. The van der Waals surface area contributed by atoms with E-state index in [0.29, 0.717) is 11.6 Å². The van der Waals surface area contributed by atoms with Crippen molar-refractivity contribution in [2.24, 2.45) is 0 Å². The van der Waals surface area contributed by atoms with E-state index in [-0.39, 0.29) is 5.69 Å². The van der Waals surface area contributed by atoms with Crippen LogP contribution in [0.4, 0.5) is 0 Å². The molecule has 0 aliphatic heterocycles. The maximum Gasteiger partial charge on any atom is 0.354 e. The number of rotatable bonds is 2. The van der Waals surface area contributed by atoms with Gasteiger partial charge in [0.2, 0.25) is 0 Å². The Kier molecular flexibility index (Phi) is 2.35. The van der Waals surface area contributed by atoms with E-state index in [2.05, 4.69) is 32.7 Å². The molecule has 1 fully saturated rings. The second kappa shape index (κ2) is 3.66. The number of hydrogen-bond acceptors (Lipinski definition) is 3. The number of fused-ring (bicyclic) bond motifs is 1. The van der Waals surface area contributed by atoms with Crippen LogP contribution < -0.4 is 0 Å². The first-order chi connectivity index (χ1) is 8.08. The number of carboxylic acids is 1. The first-order valence-electron chi connectivity index (χ1n) is 5.37. The van der Waals surface area contributed by atoms with Crippen molar-refractivity contribution in [3.05, 3.63) is 26.7 Å². The highest BCUT2D eigenvalue weighted by molar-refractivity contribution is 14.1. The van der Waals surface area contributed by atoms with Gasteiger partial charge in [-0.1, -0.05) is 0 Å². The summed E-state index contributed by atoms with van der Waals surface area (Å²) in [6.45, 7) is 1.86. The molecule has 0 unspecified atom stereocenters. The molecule has 0 aromatic carbocycles. The van der Waals surface area contributed by atoms with E-state index in [1.165, 1.54) is 4.52 Å². The van der Waals surface area contributed by atoms with Crippen LogP contribution in [0.2, 0.25) is 0 Å². The van der Waals surface area contributed by atoms with Gasteiger partial charge in [-0.2, -0.15) is 5.10 Å². The number of aromatic nitrogens is 3. The third-order valence-electron chi connectivity index (χ3n) is 2.93. The first-order valence-corrected chi connectivity index (χ1v) is 6.45. The van der Waals surface area contributed by atoms with Crippen molar-refractivity contribution in [1.82, 2.24) is 14.6 Å². The molecule has 88 valence electrons. The van der Waals surface area contributed by atoms with Crippen molar-refractivity contribution in [2.45, 2.75) is 25.7 Å². The summed E-state index contributed by atoms with van der Waals surface area (Å²) in [6, 6.07) is 1.65. The molecule has 2 aromatic heterocycles. The molecule has 0 atom stereocenters. The van der Waals surface area contributed by atoms with Gasteiger partial charge >= 0.3 is 5.97 Å². The van der Waals surface area contributed by atoms with Gasteiger partial charge < -0.3 is 5.11 Å². The third kappa shape index (κ3) is 1.70. The summed E-state index contributed by atoms with van der Waals surface area (Å²) in [6.07, 6.45) is 2.21. The Labute approximate surface area is 111 Å². The smallest absolute Gasteiger partial charge is 0.354 e. The highest BCUT2D eigenvalue weighted by Crippen LogP contribution is 2.39. The second-order valence-electron chi connectivity index (χ2n) is 4.28. The largest absolute Gasteiger partial charge is 0.477 e. The van der Waals surface area contributed by atoms with E-state index in [4.69, 9.17) is 0 Å². The number of halogens is 1. The molecule has 0 saturated heterocycles. The summed E-state index contributed by atoms with van der Waals surface area (Å²) < 4.78 is 2.35. The summed E-state index contributed by atoms with van der Waals surface area (Å²) in [7, 11) is 0. The number of carboxylic acid groups (broad SMARTS) is 1. The van der Waals surface area contributed by atoms with E-state index in [9.17, 15) is 9.90 Å². The fraction of sp³-hybridized carbons (Fsp3) is 0.364. The van der Waals surface area contributed by atoms with Crippen LogP contribution >= 0.6 is 22.6 Å². The molecule has 17 heavy (non-hydrogen) atoms. The summed E-state index contributed by atoms with van der Waals surface area (Å²) in [5, 5.41) is 13.4. The number of hydrogen-bond donors (Lipinski definition) is 1. The van der Waals surface area contributed by atoms with Gasteiger partial charge in [0.05, 0.1) is 9.26 Å². The zero-order chi connectivity index (χ0) is 12.2. The van der Waals surface area contributed by atoms with Crippen LogP contribution in [0.25, 0.3) is 5.65 Å². The van der Waals surface area contributed by atoms with Crippen molar-refractivity contribution in [3.63, 3.8) is 0 Å². The van der Waals surface area contributed by atoms with Gasteiger partial charge in [-0.15, -0.1) is 0 Å². The number of nitrogens with zero attached hydrogens (tertiary/aromatic N) is 3. The van der Waals surface area contributed by atoms with Crippen LogP contribution in [0.1, 0.15) is 40.6 Å². The topological polar surface area (TPSA) is 67.5 Å². The minimum atomic E-state index is -0.960. The van der Waals surface area contributed by atoms with Gasteiger partial charge in [0.1, 0.15) is 0 Å². The molecule has 3 rings (SSSR count). The van der Waals surface area contributed by atoms with E-state index < -0.39 is 5.97 Å². The van der Waals surface area contributed by atoms with Gasteiger partial charge in [-0.25, -0.2) is 14.3 Å². The van der Waals surface area contributed by atoms with E-state index in [1.807, 2.05) is 6.92 Å². The molecule has 5 nitrogen and oxygen atoms in total. The summed E-state index contributed by atoms with van der Waals surface area (Å²) in [5.74, 6) is -0.526. The van der Waals surface area contributed by atoms with E-state index in [0.717, 1.165) is 27.8 Å². The maximum absolute atomic E-state index is 11.2. The van der Waals surface area contributed by atoms with Gasteiger partial charge in [0.25, 0.3) is 0 Å². The van der Waals surface area contributed by atoms with Crippen LogP contribution in [0.15, 0.2) is 6.07 Å². The van der Waals surface area contributed by atoms with Gasteiger partial charge in [-0.05, 0) is 48.4 Å². The quantitative estimate of drug-likeness (QED) is 0.849. The molecular formula is C11H10IN3O2. The van der Waals surface area contributed by atoms with Crippen LogP contribution in [0.3, 0.4) is 0 Å². The fourth-order valence-electron chi connectivity index (χ4n) is 1.86. The van der Waals surface area contributed by atoms with Crippen molar-refractivity contribution < 1.29 is 9.90 Å². The predicted octanol–water partition coefficient (Wildman–Crippen LogP) is 2.22. The number of aryl methyl sites for hydroxylation is 1. The maximum atomic E-state index is 11.2. The molecule has 1 N–H and O–H groups in total. The molecule has 2 aromatic rings. The lowest BCUT2D eigenvalue weighted by Crippen LogP contribution is -2.09. The van der Waals surface area contributed by atoms with Crippen LogP contribution in [0, 0.1) is 10.5 Å². The minimum Gasteiger partial charge on any atom is -0.477 e. The molecule has 1 saturated carbocycles. The molecule has 1 aliphatic carbocycles. The van der Waals surface area contributed by atoms with Crippen LogP contribution in [-0.2, 0) is 0 Å². The van der Waals surface area contributed by atoms with Crippen molar-refractivity contribution >= 4 is 34.2 Å². The monoisotopic (exact) mass is 343 g/mol. The Morgan fingerprint density at radius 3 is 2.88 bits per heavy atom. The highest BCUT2D eigenvalue weighted by Gasteiger charge is 2.28. The molecule has 0 spiro atoms. The van der Waals surface area contributed by atoms with E-state index in [1.54, 1.807) is 6.07 Å². The Hall–Kier alpha value is -1.18. The first kappa shape index (κ1) is 10.9. The molecule has 0 bridgehead atoms. The van der Waals surface area contributed by atoms with Crippen LogP contribution in [-0.4, -0.2) is 25.7 Å². The Morgan fingerprint density at radius 1 is 1.59 bits per heavy atom. The molecule has 2 heterocycles. The lowest BCUT2D eigenvalue weighted by molar-refractivity contribution is 0.0687. The average Bonchev–Trinajstić information content (AvgIpc) is 3.08. The van der Waals surface area contributed by atoms with Crippen molar-refractivity contribution in [1.29, 1.82) is 0 Å². The van der Waals surface area contributed by atoms with Crippen LogP contribution in [0.5, 0.6) is 0 Å². The molecular weight excluding hydrogens is 333 g/mol. The molecule has 1 aliphatic rings. The Balaban J connectivity index is 2.35. The van der Waals surface area contributed by atoms with E-state index >= 15 is 0 Å². The average molecular weight is 343 g/mol. The third-order valence-corrected chi connectivity index (χ3v) is 4.19. The van der Waals surface area contributed by atoms with Crippen molar-refractivity contribution in [2.75, 3.05) is 0 Å². The summed E-state index contributed by atoms with van der Waals surface area (Å²) in [4.78, 5) is 15.8. The second-order valence-corrected chi connectivity index (χ2v) is 5.36. The van der Waals surface area contributed by atoms with Gasteiger partial charge in [-0.3, -0.25) is 0 Å². The number of aromatic carboxylic acids is 1. The minimum absolute atomic E-state index is 0.197. The highest BCUT2D eigenvalue weighted by atomic mass is 127. The lowest BCUT2D eigenvalue weighted by Gasteiger charge is -2.03. The normalized spacial score (nSPS) is 15.4. The molecule has 6 heteroatoms. The number of carbonyl (C=O) groups is 1. The van der Waals surface area contributed by atoms with Gasteiger partial charge in [0, 0.05) is 11.6 Å². The zero-order valence-corrected chi connectivity index (χ0v) is 11.3. The standard InChI is InChI=1S/C11H10IN3O2/c1-5-9(12)10-13-7(6-2-3-6)4-8(11(16)17)15(10)14-5/h4,6H,2-3H2,1H3,(H,16,17). The Bertz CT molecular complexity index is 631. The SMILES string of the molecule is Cc1nn2c(C(=O)O)cc(C3CC3)nc2c1I. The summed E-state index contributed by atoms with van der Waals surface area (Å²) >= 11 is 2.16. The zero-order valence-electron chi connectivity index (χ0n) is 9.14.